The summed E-state index contributed by atoms with van der Waals surface area (Å²) in [5.41, 5.74) is 0.982. The molecule has 0 unspecified atom stereocenters. The first-order valence-electron chi connectivity index (χ1n) is 12.1. The second kappa shape index (κ2) is 12.9. The van der Waals surface area contributed by atoms with Crippen molar-refractivity contribution in [3.63, 3.8) is 0 Å². The van der Waals surface area contributed by atoms with Crippen LogP contribution in [0.15, 0.2) is 54.6 Å². The van der Waals surface area contributed by atoms with Gasteiger partial charge in [0, 0.05) is 16.8 Å². The zero-order valence-electron chi connectivity index (χ0n) is 21.9. The molecule has 3 aromatic carbocycles. The molecule has 1 heterocycles. The number of carbonyl (C=O) groups excluding carboxylic acids is 3. The Kier molecular flexibility index (Phi) is 9.18. The lowest BCUT2D eigenvalue weighted by molar-refractivity contribution is -0.123. The number of nitrogens with one attached hydrogen (secondary N) is 2. The zero-order chi connectivity index (χ0) is 28.6. The third-order valence-corrected chi connectivity index (χ3v) is 5.89. The molecule has 0 aliphatic carbocycles. The fraction of sp³-hybridized carbons (Fsp3) is 0.250. The summed E-state index contributed by atoms with van der Waals surface area (Å²) in [6.45, 7) is 1.97. The van der Waals surface area contributed by atoms with Crippen LogP contribution in [0.2, 0.25) is 5.02 Å². The van der Waals surface area contributed by atoms with Gasteiger partial charge in [-0.25, -0.2) is 4.79 Å². The minimum Gasteiger partial charge on any atom is -0.495 e. The van der Waals surface area contributed by atoms with Crippen molar-refractivity contribution in [1.82, 2.24) is 0 Å². The number of fused-ring (bicyclic) bond motifs is 1. The van der Waals surface area contributed by atoms with Gasteiger partial charge in [-0.1, -0.05) is 11.6 Å². The van der Waals surface area contributed by atoms with Gasteiger partial charge in [-0.05, 0) is 55.5 Å². The average molecular weight is 571 g/mol. The molecule has 0 radical (unpaired) electrons. The maximum absolute atomic E-state index is 12.7. The second-order valence-electron chi connectivity index (χ2n) is 8.44. The van der Waals surface area contributed by atoms with E-state index in [0.29, 0.717) is 46.9 Å². The third kappa shape index (κ3) is 7.06. The molecule has 12 heteroatoms. The highest BCUT2D eigenvalue weighted by Crippen LogP contribution is 2.33. The highest BCUT2D eigenvalue weighted by atomic mass is 35.5. The molecule has 1 aliphatic rings. The number of methoxy groups -OCH3 is 2. The summed E-state index contributed by atoms with van der Waals surface area (Å²) >= 11 is 6.00. The number of carbonyl (C=O) groups is 3. The maximum atomic E-state index is 12.7. The molecular weight excluding hydrogens is 544 g/mol. The minimum absolute atomic E-state index is 0.122. The number of esters is 1. The molecule has 0 spiro atoms. The number of hydrogen-bond donors (Lipinski definition) is 2. The predicted octanol–water partition coefficient (Wildman–Crippen LogP) is 4.33. The molecule has 0 bridgehead atoms. The fourth-order valence-corrected chi connectivity index (χ4v) is 3.84. The van der Waals surface area contributed by atoms with Crippen LogP contribution in [0.25, 0.3) is 0 Å². The van der Waals surface area contributed by atoms with Gasteiger partial charge in [0.1, 0.15) is 19.0 Å². The average Bonchev–Trinajstić information content (AvgIpc) is 2.96. The SMILES string of the molecule is COc1ccc(Cl)cc1NC(=O)COc1ccc(C(=O)O[C@H](C)C(=O)Nc2ccc3c(c2)OCCO3)cc1OC. The van der Waals surface area contributed by atoms with Crippen LogP contribution in [0.4, 0.5) is 11.4 Å². The van der Waals surface area contributed by atoms with Gasteiger partial charge in [-0.2, -0.15) is 0 Å². The van der Waals surface area contributed by atoms with Crippen molar-refractivity contribution in [2.24, 2.45) is 0 Å². The van der Waals surface area contributed by atoms with Crippen LogP contribution in [-0.4, -0.2) is 57.9 Å². The molecule has 40 heavy (non-hydrogen) atoms. The fourth-order valence-electron chi connectivity index (χ4n) is 3.67. The normalized spacial score (nSPS) is 12.5. The summed E-state index contributed by atoms with van der Waals surface area (Å²) in [6.07, 6.45) is -1.10. The van der Waals surface area contributed by atoms with Crippen LogP contribution >= 0.6 is 11.6 Å². The molecule has 11 nitrogen and oxygen atoms in total. The van der Waals surface area contributed by atoms with Crippen LogP contribution in [0.3, 0.4) is 0 Å². The van der Waals surface area contributed by atoms with E-state index in [9.17, 15) is 14.4 Å². The molecular formula is C28H27ClN2O9. The number of amides is 2. The van der Waals surface area contributed by atoms with Crippen molar-refractivity contribution in [2.45, 2.75) is 13.0 Å². The van der Waals surface area contributed by atoms with Gasteiger partial charge in [-0.3, -0.25) is 9.59 Å². The number of rotatable bonds is 10. The molecule has 210 valence electrons. The standard InChI is InChI=1S/C28H27ClN2O9/c1-16(27(33)30-19-6-9-23-25(14-19)38-11-10-37-23)40-28(34)17-4-7-22(24(12-17)36-3)39-15-26(32)31-20-13-18(29)5-8-21(20)35-2/h4-9,12-14,16H,10-11,15H2,1-3H3,(H,30,33)(H,31,32)/t16-/m1/s1. The monoisotopic (exact) mass is 570 g/mol. The number of ether oxygens (including phenoxy) is 6. The second-order valence-corrected chi connectivity index (χ2v) is 8.88. The Balaban J connectivity index is 1.33. The smallest absolute Gasteiger partial charge is 0.339 e. The number of halogens is 1. The van der Waals surface area contributed by atoms with E-state index >= 15 is 0 Å². The molecule has 1 atom stereocenters. The van der Waals surface area contributed by atoms with Crippen LogP contribution in [0, 0.1) is 0 Å². The van der Waals surface area contributed by atoms with Gasteiger partial charge >= 0.3 is 5.97 Å². The van der Waals surface area contributed by atoms with Crippen LogP contribution in [0.1, 0.15) is 17.3 Å². The molecule has 3 aromatic rings. The molecule has 2 N–H and O–H groups in total. The lowest BCUT2D eigenvalue weighted by Gasteiger charge is -2.19. The van der Waals surface area contributed by atoms with E-state index in [1.807, 2.05) is 0 Å². The van der Waals surface area contributed by atoms with E-state index in [-0.39, 0.29) is 23.7 Å². The molecule has 1 aliphatic heterocycles. The van der Waals surface area contributed by atoms with Crippen molar-refractivity contribution in [1.29, 1.82) is 0 Å². The van der Waals surface area contributed by atoms with Crippen molar-refractivity contribution in [2.75, 3.05) is 44.7 Å². The summed E-state index contributed by atoms with van der Waals surface area (Å²) < 4.78 is 32.4. The summed E-state index contributed by atoms with van der Waals surface area (Å²) in [5.74, 6) is 0.209. The van der Waals surface area contributed by atoms with Crippen molar-refractivity contribution >= 4 is 40.8 Å². The van der Waals surface area contributed by atoms with Crippen molar-refractivity contribution in [3.8, 4) is 28.7 Å². The Morgan fingerprint density at radius 1 is 0.875 bits per heavy atom. The molecule has 0 aromatic heterocycles. The van der Waals surface area contributed by atoms with Gasteiger partial charge in [-0.15, -0.1) is 0 Å². The molecule has 0 saturated carbocycles. The Morgan fingerprint density at radius 3 is 2.35 bits per heavy atom. The summed E-state index contributed by atoms with van der Waals surface area (Å²) in [5, 5.41) is 5.78. The predicted molar refractivity (Wildman–Crippen MR) is 146 cm³/mol. The first-order valence-corrected chi connectivity index (χ1v) is 12.5. The Morgan fingerprint density at radius 2 is 1.60 bits per heavy atom. The van der Waals surface area contributed by atoms with E-state index in [4.69, 9.17) is 40.0 Å². The summed E-state index contributed by atoms with van der Waals surface area (Å²) in [7, 11) is 2.86. The minimum atomic E-state index is -1.10. The number of benzene rings is 3. The lowest BCUT2D eigenvalue weighted by atomic mass is 10.2. The summed E-state index contributed by atoms with van der Waals surface area (Å²) in [6, 6.07) is 14.1. The molecule has 0 saturated heterocycles. The third-order valence-electron chi connectivity index (χ3n) is 5.66. The van der Waals surface area contributed by atoms with Crippen LogP contribution in [0.5, 0.6) is 28.7 Å². The Bertz CT molecular complexity index is 1410. The van der Waals surface area contributed by atoms with E-state index in [2.05, 4.69) is 10.6 Å². The largest absolute Gasteiger partial charge is 0.495 e. The van der Waals surface area contributed by atoms with Gasteiger partial charge in [0.25, 0.3) is 11.8 Å². The number of anilines is 2. The highest BCUT2D eigenvalue weighted by molar-refractivity contribution is 6.31. The lowest BCUT2D eigenvalue weighted by Crippen LogP contribution is -2.30. The topological polar surface area (TPSA) is 131 Å². The molecule has 4 rings (SSSR count). The zero-order valence-corrected chi connectivity index (χ0v) is 22.7. The van der Waals surface area contributed by atoms with E-state index in [1.54, 1.807) is 36.4 Å². The van der Waals surface area contributed by atoms with Gasteiger partial charge < -0.3 is 39.1 Å². The molecule has 2 amide bonds. The Labute approximate surface area is 235 Å². The van der Waals surface area contributed by atoms with Gasteiger partial charge in [0.2, 0.25) is 0 Å². The van der Waals surface area contributed by atoms with Crippen LogP contribution in [-0.2, 0) is 14.3 Å². The van der Waals surface area contributed by atoms with Crippen molar-refractivity contribution < 1.29 is 42.8 Å². The van der Waals surface area contributed by atoms with Crippen molar-refractivity contribution in [3.05, 3.63) is 65.2 Å². The van der Waals surface area contributed by atoms with E-state index in [1.165, 1.54) is 39.3 Å². The first kappa shape index (κ1) is 28.4. The maximum Gasteiger partial charge on any atom is 0.339 e. The van der Waals surface area contributed by atoms with Crippen LogP contribution < -0.4 is 34.3 Å². The molecule has 0 fully saturated rings. The number of hydrogen-bond acceptors (Lipinski definition) is 9. The first-order chi connectivity index (χ1) is 19.3. The van der Waals surface area contributed by atoms with E-state index < -0.39 is 23.9 Å². The quantitative estimate of drug-likeness (QED) is 0.342. The van der Waals surface area contributed by atoms with Gasteiger partial charge in [0.15, 0.2) is 35.7 Å². The van der Waals surface area contributed by atoms with E-state index in [0.717, 1.165) is 0 Å². The summed E-state index contributed by atoms with van der Waals surface area (Å²) in [4.78, 5) is 37.7. The van der Waals surface area contributed by atoms with Gasteiger partial charge in [0.05, 0.1) is 25.5 Å². The Hall–Kier alpha value is -4.64. The highest BCUT2D eigenvalue weighted by Gasteiger charge is 2.22.